The van der Waals surface area contributed by atoms with Gasteiger partial charge in [-0.3, -0.25) is 4.79 Å². The molecule has 0 unspecified atom stereocenters. The fourth-order valence-electron chi connectivity index (χ4n) is 0.965. The van der Waals surface area contributed by atoms with Crippen molar-refractivity contribution < 1.29 is 68.1 Å². The third kappa shape index (κ3) is 14.5. The molecule has 0 saturated heterocycles. The summed E-state index contributed by atoms with van der Waals surface area (Å²) in [5, 5.41) is 10.7. The molecule has 0 aliphatic rings. The van der Waals surface area contributed by atoms with E-state index in [0.29, 0.717) is 5.56 Å². The molecule has 3 heteroatoms. The number of rotatable bonds is 2. The fourth-order valence-corrected chi connectivity index (χ4v) is 0.965. The van der Waals surface area contributed by atoms with Crippen LogP contribution < -0.4 is 63.3 Å². The van der Waals surface area contributed by atoms with Crippen LogP contribution in [0.5, 0.6) is 5.75 Å². The Morgan fingerprint density at radius 2 is 1.37 bits per heavy atom. The molecule has 0 saturated carbocycles. The average molecular weight is 337 g/mol. The summed E-state index contributed by atoms with van der Waals surface area (Å²) in [6.07, 6.45) is 1.56. The van der Waals surface area contributed by atoms with E-state index in [1.54, 1.807) is 18.2 Å². The van der Waals surface area contributed by atoms with Gasteiger partial charge in [0.2, 0.25) is 0 Å². The molecular weight excluding hydrogens is 310 g/mol. The maximum atomic E-state index is 11.4. The molecule has 1 aromatic carbocycles. The van der Waals surface area contributed by atoms with E-state index in [0.717, 1.165) is 5.57 Å². The zero-order chi connectivity index (χ0) is 13.8. The Hall–Kier alpha value is 0.235. The van der Waals surface area contributed by atoms with Gasteiger partial charge in [-0.15, -0.1) is 5.75 Å². The molecule has 2 nitrogen and oxygen atoms in total. The van der Waals surface area contributed by atoms with Gasteiger partial charge in [-0.25, -0.2) is 0 Å². The summed E-state index contributed by atoms with van der Waals surface area (Å²) >= 11 is 0. The van der Waals surface area contributed by atoms with Crippen LogP contribution in [0.1, 0.15) is 59.3 Å². The second-order valence-electron chi connectivity index (χ2n) is 3.11. The van der Waals surface area contributed by atoms with E-state index < -0.39 is 0 Å². The zero-order valence-corrected chi connectivity index (χ0v) is 17.6. The molecule has 104 valence electrons. The summed E-state index contributed by atoms with van der Waals surface area (Å²) in [4.78, 5) is 11.4. The van der Waals surface area contributed by atoms with E-state index in [1.807, 2.05) is 41.5 Å². The van der Waals surface area contributed by atoms with Gasteiger partial charge in [0.25, 0.3) is 0 Å². The van der Waals surface area contributed by atoms with Crippen LogP contribution in [-0.4, -0.2) is 5.78 Å². The third-order valence-corrected chi connectivity index (χ3v) is 1.56. The quantitative estimate of drug-likeness (QED) is 0.608. The second-order valence-corrected chi connectivity index (χ2v) is 3.11. The molecule has 19 heavy (non-hydrogen) atoms. The van der Waals surface area contributed by atoms with E-state index in [2.05, 4.69) is 0 Å². The van der Waals surface area contributed by atoms with Gasteiger partial charge in [0, 0.05) is 5.56 Å². The van der Waals surface area contributed by atoms with Crippen molar-refractivity contribution >= 4 is 5.78 Å². The molecule has 0 aliphatic heterocycles. The molecular formula is C16H27O2Rb. The van der Waals surface area contributed by atoms with Crippen LogP contribution in [0.4, 0.5) is 0 Å². The summed E-state index contributed by atoms with van der Waals surface area (Å²) in [6.45, 7) is 11.7. The Morgan fingerprint density at radius 1 is 1.00 bits per heavy atom. The molecule has 0 radical (unpaired) electrons. The first kappa shape index (κ1) is 27.6. The first-order valence-corrected chi connectivity index (χ1v) is 6.06. The molecule has 0 aromatic heterocycles. The van der Waals surface area contributed by atoms with Gasteiger partial charge in [0.15, 0.2) is 5.78 Å². The predicted molar refractivity (Wildman–Crippen MR) is 79.1 cm³/mol. The normalized spacial score (nSPS) is 7.05. The number of benzene rings is 1. The van der Waals surface area contributed by atoms with Gasteiger partial charge in [0.05, 0.1) is 0 Å². The molecule has 0 spiro atoms. The van der Waals surface area contributed by atoms with E-state index >= 15 is 0 Å². The van der Waals surface area contributed by atoms with Crippen molar-refractivity contribution in [2.75, 3.05) is 0 Å². The summed E-state index contributed by atoms with van der Waals surface area (Å²) in [7, 11) is 0. The minimum atomic E-state index is -0.0752. The van der Waals surface area contributed by atoms with Gasteiger partial charge in [0.1, 0.15) is 0 Å². The number of hydrogen-bond donors (Lipinski definition) is 0. The van der Waals surface area contributed by atoms with Gasteiger partial charge >= 0.3 is 58.2 Å². The summed E-state index contributed by atoms with van der Waals surface area (Å²) in [5.74, 6) is -0.131. The zero-order valence-electron chi connectivity index (χ0n) is 12.7. The first-order chi connectivity index (χ1) is 8.09. The monoisotopic (exact) mass is 336 g/mol. The Kier molecular flexibility index (Phi) is 26.4. The molecule has 0 N–H and O–H groups in total. The van der Waals surface area contributed by atoms with Crippen LogP contribution in [0.25, 0.3) is 0 Å². The second kappa shape index (κ2) is 18.2. The Morgan fingerprint density at radius 3 is 1.68 bits per heavy atom. The number of carbonyl (C=O) groups excluding carboxylic acids is 1. The van der Waals surface area contributed by atoms with Crippen LogP contribution in [0, 0.1) is 0 Å². The average Bonchev–Trinajstić information content (AvgIpc) is 2.34. The van der Waals surface area contributed by atoms with Crippen molar-refractivity contribution in [1.29, 1.82) is 0 Å². The minimum absolute atomic E-state index is 0. The van der Waals surface area contributed by atoms with Crippen molar-refractivity contribution in [3.05, 3.63) is 41.5 Å². The molecule has 0 amide bonds. The Balaban J connectivity index is -0.000000171. The fraction of sp³-hybridized carbons (Fsp3) is 0.438. The molecule has 1 rings (SSSR count). The van der Waals surface area contributed by atoms with Crippen LogP contribution in [-0.2, 0) is 0 Å². The van der Waals surface area contributed by atoms with Crippen molar-refractivity contribution in [3.63, 3.8) is 0 Å². The molecule has 0 fully saturated rings. The van der Waals surface area contributed by atoms with Crippen LogP contribution in [0.3, 0.4) is 0 Å². The van der Waals surface area contributed by atoms with E-state index in [1.165, 1.54) is 12.1 Å². The van der Waals surface area contributed by atoms with Gasteiger partial charge < -0.3 is 5.11 Å². The Bertz CT molecular complexity index is 336. The largest absolute Gasteiger partial charge is 1.00 e. The van der Waals surface area contributed by atoms with Crippen molar-refractivity contribution in [2.24, 2.45) is 0 Å². The topological polar surface area (TPSA) is 40.1 Å². The molecule has 0 aliphatic carbocycles. The number of hydrogen-bond acceptors (Lipinski definition) is 2. The summed E-state index contributed by atoms with van der Waals surface area (Å²) in [6, 6.07) is 5.88. The molecule has 0 bridgehead atoms. The maximum absolute atomic E-state index is 11.4. The van der Waals surface area contributed by atoms with Crippen molar-refractivity contribution in [2.45, 2.75) is 49.0 Å². The number of allylic oxidation sites excluding steroid dienone is 2. The number of carbonyl (C=O) groups is 1. The number of ketones is 1. The van der Waals surface area contributed by atoms with E-state index in [9.17, 15) is 9.90 Å². The van der Waals surface area contributed by atoms with E-state index in [4.69, 9.17) is 0 Å². The maximum Gasteiger partial charge on any atom is 1.00 e. The van der Waals surface area contributed by atoms with Crippen LogP contribution >= 0.6 is 0 Å². The molecule has 0 atom stereocenters. The minimum Gasteiger partial charge on any atom is -0.872 e. The van der Waals surface area contributed by atoms with Gasteiger partial charge in [-0.1, -0.05) is 65.0 Å². The van der Waals surface area contributed by atoms with Crippen molar-refractivity contribution in [1.82, 2.24) is 0 Å². The first-order valence-electron chi connectivity index (χ1n) is 6.06. The third-order valence-electron chi connectivity index (χ3n) is 1.56. The van der Waals surface area contributed by atoms with Crippen LogP contribution in [0.2, 0.25) is 0 Å². The smallest absolute Gasteiger partial charge is 0.872 e. The van der Waals surface area contributed by atoms with E-state index in [-0.39, 0.29) is 77.1 Å². The van der Waals surface area contributed by atoms with Gasteiger partial charge in [-0.05, 0) is 19.9 Å². The Labute approximate surface area is 168 Å². The SMILES string of the molecule is C.CC.CC.CC(C)=CC(=O)c1ccc([O-])cc1.[Rb+]. The van der Waals surface area contributed by atoms with Crippen molar-refractivity contribution in [3.8, 4) is 5.75 Å². The summed E-state index contributed by atoms with van der Waals surface area (Å²) < 4.78 is 0. The predicted octanol–water partition coefficient (Wildman–Crippen LogP) is 1.60. The van der Waals surface area contributed by atoms with Gasteiger partial charge in [-0.2, -0.15) is 0 Å². The molecule has 0 heterocycles. The van der Waals surface area contributed by atoms with Crippen LogP contribution in [0.15, 0.2) is 35.9 Å². The standard InChI is InChI=1S/C11H12O2.2C2H6.CH4.Rb/c1-8(2)7-11(13)9-3-5-10(12)6-4-9;2*1-2;;/h3-7,12H,1-2H3;2*1-2H3;1H4;/q;;;;+1/p-1. The molecule has 1 aromatic rings. The summed E-state index contributed by atoms with van der Waals surface area (Å²) in [5.41, 5.74) is 1.51.